The highest BCUT2D eigenvalue weighted by Gasteiger charge is 2.32. The minimum atomic E-state index is -1.10. The third-order valence-electron chi connectivity index (χ3n) is 6.45. The van der Waals surface area contributed by atoms with E-state index in [2.05, 4.69) is 62.2 Å². The van der Waals surface area contributed by atoms with Gasteiger partial charge in [0.25, 0.3) is 0 Å². The Morgan fingerprint density at radius 2 is 1.28 bits per heavy atom. The molecule has 0 atom stereocenters. The summed E-state index contributed by atoms with van der Waals surface area (Å²) in [6, 6.07) is 8.50. The molecule has 210 valence electrons. The van der Waals surface area contributed by atoms with Crippen LogP contribution in [-0.4, -0.2) is 65.2 Å². The number of nitrogens with zero attached hydrogens (tertiary/aromatic N) is 1. The van der Waals surface area contributed by atoms with Crippen molar-refractivity contribution in [2.75, 3.05) is 32.8 Å². The molecule has 6 nitrogen and oxygen atoms in total. The molecule has 0 heterocycles. The molecule has 1 aromatic carbocycles. The lowest BCUT2D eigenvalue weighted by Crippen LogP contribution is -2.55. The second-order valence-electron chi connectivity index (χ2n) is 10.7. The van der Waals surface area contributed by atoms with Crippen LogP contribution < -0.4 is 5.32 Å². The van der Waals surface area contributed by atoms with Gasteiger partial charge in [-0.05, 0) is 77.2 Å². The Morgan fingerprint density at radius 1 is 0.806 bits per heavy atom. The SMILES string of the molecule is CCCCCCCCc1ccc(CCC(CO)(CO)NC(=O)OC(C)(C)C)cc1.CCN(CC)CC. The van der Waals surface area contributed by atoms with Crippen molar-refractivity contribution in [2.24, 2.45) is 0 Å². The van der Waals surface area contributed by atoms with Crippen molar-refractivity contribution in [2.45, 2.75) is 117 Å². The normalized spacial score (nSPS) is 11.7. The standard InChI is InChI=1S/C24H41NO4.C6H15N/c1-5-6-7-8-9-10-11-20-12-14-21(15-13-20)16-17-24(18-26,19-27)25-22(28)29-23(2,3)4;1-4-7(5-2)6-3/h12-15,26-27H,5-11,16-19H2,1-4H3,(H,25,28);4-6H2,1-3H3. The minimum Gasteiger partial charge on any atom is -0.444 e. The van der Waals surface area contributed by atoms with Crippen LogP contribution in [0.5, 0.6) is 0 Å². The summed E-state index contributed by atoms with van der Waals surface area (Å²) in [6.07, 6.45) is 9.33. The maximum absolute atomic E-state index is 12.1. The third-order valence-corrected chi connectivity index (χ3v) is 6.45. The summed E-state index contributed by atoms with van der Waals surface area (Å²) in [6.45, 7) is 17.0. The molecule has 6 heteroatoms. The maximum atomic E-state index is 12.1. The van der Waals surface area contributed by atoms with E-state index in [9.17, 15) is 15.0 Å². The average molecular weight is 509 g/mol. The third kappa shape index (κ3) is 16.2. The molecule has 0 unspecified atom stereocenters. The molecule has 0 aliphatic heterocycles. The molecule has 36 heavy (non-hydrogen) atoms. The number of hydrogen-bond donors (Lipinski definition) is 3. The largest absolute Gasteiger partial charge is 0.444 e. The van der Waals surface area contributed by atoms with Crippen molar-refractivity contribution < 1.29 is 19.7 Å². The molecule has 0 bridgehead atoms. The summed E-state index contributed by atoms with van der Waals surface area (Å²) in [5, 5.41) is 22.2. The molecule has 0 aromatic heterocycles. The van der Waals surface area contributed by atoms with Crippen LogP contribution in [0.3, 0.4) is 0 Å². The molecule has 0 spiro atoms. The Morgan fingerprint density at radius 3 is 1.69 bits per heavy atom. The van der Waals surface area contributed by atoms with Crippen LogP contribution in [0.1, 0.15) is 105 Å². The molecular formula is C30H56N2O4. The number of benzene rings is 1. The van der Waals surface area contributed by atoms with Gasteiger partial charge in [0.15, 0.2) is 0 Å². The maximum Gasteiger partial charge on any atom is 0.408 e. The smallest absolute Gasteiger partial charge is 0.408 e. The number of nitrogens with one attached hydrogen (secondary N) is 1. The van der Waals surface area contributed by atoms with E-state index < -0.39 is 17.2 Å². The quantitative estimate of drug-likeness (QED) is 0.234. The summed E-state index contributed by atoms with van der Waals surface area (Å²) < 4.78 is 5.26. The number of carbonyl (C=O) groups excluding carboxylic acids is 1. The van der Waals surface area contributed by atoms with Crippen LogP contribution in [0.25, 0.3) is 0 Å². The molecule has 0 aliphatic carbocycles. The van der Waals surface area contributed by atoms with Gasteiger partial charge in [-0.3, -0.25) is 0 Å². The van der Waals surface area contributed by atoms with Gasteiger partial charge in [0.1, 0.15) is 5.60 Å². The van der Waals surface area contributed by atoms with Crippen LogP contribution in [0.4, 0.5) is 4.79 Å². The molecule has 0 radical (unpaired) electrons. The topological polar surface area (TPSA) is 82.0 Å². The lowest BCUT2D eigenvalue weighted by atomic mass is 9.92. The van der Waals surface area contributed by atoms with Crippen molar-refractivity contribution >= 4 is 6.09 Å². The first-order valence-corrected chi connectivity index (χ1v) is 14.1. The van der Waals surface area contributed by atoms with Gasteiger partial charge in [0.05, 0.1) is 18.8 Å². The fourth-order valence-electron chi connectivity index (χ4n) is 3.91. The van der Waals surface area contributed by atoms with Crippen LogP contribution in [0, 0.1) is 0 Å². The highest BCUT2D eigenvalue weighted by Crippen LogP contribution is 2.18. The number of carbonyl (C=O) groups is 1. The monoisotopic (exact) mass is 508 g/mol. The van der Waals surface area contributed by atoms with Crippen molar-refractivity contribution in [1.29, 1.82) is 0 Å². The van der Waals surface area contributed by atoms with Gasteiger partial charge in [-0.2, -0.15) is 0 Å². The molecule has 0 fully saturated rings. The minimum absolute atomic E-state index is 0.348. The molecule has 1 amide bonds. The molecule has 0 saturated carbocycles. The predicted octanol–water partition coefficient (Wildman–Crippen LogP) is 6.12. The average Bonchev–Trinajstić information content (AvgIpc) is 2.85. The number of ether oxygens (including phenoxy) is 1. The van der Waals surface area contributed by atoms with E-state index >= 15 is 0 Å². The van der Waals surface area contributed by atoms with Gasteiger partial charge in [0, 0.05) is 0 Å². The zero-order valence-corrected chi connectivity index (χ0v) is 24.4. The molecule has 0 aliphatic rings. The fourth-order valence-corrected chi connectivity index (χ4v) is 3.91. The van der Waals surface area contributed by atoms with E-state index in [-0.39, 0.29) is 13.2 Å². The highest BCUT2D eigenvalue weighted by atomic mass is 16.6. The number of alkyl carbamates (subject to hydrolysis) is 1. The predicted molar refractivity (Wildman–Crippen MR) is 152 cm³/mol. The number of aliphatic hydroxyl groups excluding tert-OH is 2. The number of aliphatic hydroxyl groups is 2. The Hall–Kier alpha value is -1.63. The molecule has 1 rings (SSSR count). The highest BCUT2D eigenvalue weighted by molar-refractivity contribution is 5.68. The first-order valence-electron chi connectivity index (χ1n) is 14.1. The zero-order valence-electron chi connectivity index (χ0n) is 24.4. The number of aryl methyl sites for hydroxylation is 2. The van der Waals surface area contributed by atoms with Crippen LogP contribution in [-0.2, 0) is 17.6 Å². The second kappa shape index (κ2) is 19.5. The zero-order chi connectivity index (χ0) is 27.5. The number of hydrogen-bond acceptors (Lipinski definition) is 5. The summed E-state index contributed by atoms with van der Waals surface area (Å²) >= 11 is 0. The second-order valence-corrected chi connectivity index (χ2v) is 10.7. The number of unbranched alkanes of at least 4 members (excludes halogenated alkanes) is 5. The lowest BCUT2D eigenvalue weighted by molar-refractivity contribution is 0.0276. The van der Waals surface area contributed by atoms with E-state index in [4.69, 9.17) is 4.74 Å². The number of amides is 1. The van der Waals surface area contributed by atoms with Crippen LogP contribution in [0.2, 0.25) is 0 Å². The molecule has 0 saturated heterocycles. The van der Waals surface area contributed by atoms with E-state index in [1.165, 1.54) is 63.7 Å². The molecule has 1 aromatic rings. The van der Waals surface area contributed by atoms with E-state index in [0.717, 1.165) is 12.0 Å². The van der Waals surface area contributed by atoms with Gasteiger partial charge >= 0.3 is 6.09 Å². The van der Waals surface area contributed by atoms with Gasteiger partial charge in [-0.1, -0.05) is 84.1 Å². The fraction of sp³-hybridized carbons (Fsp3) is 0.767. The van der Waals surface area contributed by atoms with Crippen molar-refractivity contribution in [1.82, 2.24) is 10.2 Å². The summed E-state index contributed by atoms with van der Waals surface area (Å²) in [4.78, 5) is 14.5. The molecule has 3 N–H and O–H groups in total. The molecular weight excluding hydrogens is 452 g/mol. The van der Waals surface area contributed by atoms with E-state index in [1.54, 1.807) is 20.8 Å². The van der Waals surface area contributed by atoms with Gasteiger partial charge in [0.2, 0.25) is 0 Å². The summed E-state index contributed by atoms with van der Waals surface area (Å²) in [5.74, 6) is 0. The summed E-state index contributed by atoms with van der Waals surface area (Å²) in [5.41, 5.74) is 0.729. The van der Waals surface area contributed by atoms with E-state index in [1.807, 2.05) is 0 Å². The van der Waals surface area contributed by atoms with Crippen LogP contribution in [0.15, 0.2) is 24.3 Å². The first-order chi connectivity index (χ1) is 17.1. The van der Waals surface area contributed by atoms with Crippen molar-refractivity contribution in [3.63, 3.8) is 0 Å². The lowest BCUT2D eigenvalue weighted by Gasteiger charge is -2.32. The number of rotatable bonds is 16. The Bertz CT molecular complexity index is 657. The van der Waals surface area contributed by atoms with E-state index in [0.29, 0.717) is 12.8 Å². The first kappa shape index (κ1) is 34.4. The van der Waals surface area contributed by atoms with Gasteiger partial charge in [-0.15, -0.1) is 0 Å². The van der Waals surface area contributed by atoms with Crippen molar-refractivity contribution in [3.05, 3.63) is 35.4 Å². The Labute approximate surface area is 221 Å². The van der Waals surface area contributed by atoms with Gasteiger partial charge in [-0.25, -0.2) is 4.79 Å². The van der Waals surface area contributed by atoms with Crippen LogP contribution >= 0.6 is 0 Å². The Kier molecular flexibility index (Phi) is 18.6. The Balaban J connectivity index is 0.00000152. The van der Waals surface area contributed by atoms with Gasteiger partial charge < -0.3 is 25.2 Å². The summed E-state index contributed by atoms with van der Waals surface area (Å²) in [7, 11) is 0. The van der Waals surface area contributed by atoms with Crippen molar-refractivity contribution in [3.8, 4) is 0 Å².